The highest BCUT2D eigenvalue weighted by Gasteiger charge is 2.36. The Hall–Kier alpha value is -0.820. The predicted octanol–water partition coefficient (Wildman–Crippen LogP) is 1.78. The SMILES string of the molecule is CC(C)(C)C(=O)N1CC(CCO)CC(NCC(F)(F)F)C1. The Balaban J connectivity index is 2.70. The summed E-state index contributed by atoms with van der Waals surface area (Å²) in [6, 6.07) is -0.386. The highest BCUT2D eigenvalue weighted by atomic mass is 19.4. The molecule has 0 radical (unpaired) electrons. The van der Waals surface area contributed by atoms with Gasteiger partial charge in [0.1, 0.15) is 0 Å². The van der Waals surface area contributed by atoms with Gasteiger partial charge in [-0.3, -0.25) is 4.79 Å². The molecule has 1 fully saturated rings. The van der Waals surface area contributed by atoms with Crippen LogP contribution in [0.15, 0.2) is 0 Å². The molecule has 2 atom stereocenters. The van der Waals surface area contributed by atoms with Crippen LogP contribution < -0.4 is 5.32 Å². The summed E-state index contributed by atoms with van der Waals surface area (Å²) in [5.41, 5.74) is -0.560. The molecule has 0 saturated carbocycles. The second-order valence-electron chi connectivity index (χ2n) is 6.77. The predicted molar refractivity (Wildman–Crippen MR) is 73.7 cm³/mol. The molecule has 21 heavy (non-hydrogen) atoms. The smallest absolute Gasteiger partial charge is 0.396 e. The van der Waals surface area contributed by atoms with Crippen molar-refractivity contribution in [2.45, 2.75) is 45.8 Å². The number of halogens is 3. The van der Waals surface area contributed by atoms with Crippen molar-refractivity contribution in [1.82, 2.24) is 10.2 Å². The summed E-state index contributed by atoms with van der Waals surface area (Å²) in [7, 11) is 0. The lowest BCUT2D eigenvalue weighted by Crippen LogP contribution is -2.55. The molecule has 1 aliphatic heterocycles. The first-order valence-electron chi connectivity index (χ1n) is 7.23. The van der Waals surface area contributed by atoms with E-state index in [-0.39, 0.29) is 31.0 Å². The summed E-state index contributed by atoms with van der Waals surface area (Å²) >= 11 is 0. The van der Waals surface area contributed by atoms with Crippen molar-refractivity contribution in [2.24, 2.45) is 11.3 Å². The molecule has 0 bridgehead atoms. The molecule has 1 rings (SSSR count). The van der Waals surface area contributed by atoms with Crippen LogP contribution in [0.25, 0.3) is 0 Å². The second-order valence-corrected chi connectivity index (χ2v) is 6.77. The minimum absolute atomic E-state index is 0.0196. The van der Waals surface area contributed by atoms with E-state index >= 15 is 0 Å². The number of aliphatic hydroxyl groups is 1. The van der Waals surface area contributed by atoms with Gasteiger partial charge in [0.05, 0.1) is 6.54 Å². The number of carbonyl (C=O) groups excluding carboxylic acids is 1. The highest BCUT2D eigenvalue weighted by molar-refractivity contribution is 5.81. The van der Waals surface area contributed by atoms with Crippen molar-refractivity contribution < 1.29 is 23.1 Å². The van der Waals surface area contributed by atoms with Crippen LogP contribution in [0.3, 0.4) is 0 Å². The molecular formula is C14H25F3N2O2. The molecule has 7 heteroatoms. The number of nitrogens with zero attached hydrogens (tertiary/aromatic N) is 1. The Morgan fingerprint density at radius 1 is 1.29 bits per heavy atom. The third-order valence-corrected chi connectivity index (χ3v) is 3.59. The number of likely N-dealkylation sites (tertiary alicyclic amines) is 1. The van der Waals surface area contributed by atoms with E-state index in [1.807, 2.05) is 0 Å². The third kappa shape index (κ3) is 6.22. The van der Waals surface area contributed by atoms with E-state index < -0.39 is 18.1 Å². The van der Waals surface area contributed by atoms with E-state index in [0.29, 0.717) is 19.4 Å². The van der Waals surface area contributed by atoms with E-state index in [1.165, 1.54) is 0 Å². The van der Waals surface area contributed by atoms with E-state index in [2.05, 4.69) is 5.32 Å². The molecule has 1 saturated heterocycles. The molecular weight excluding hydrogens is 285 g/mol. The van der Waals surface area contributed by atoms with Crippen molar-refractivity contribution in [2.75, 3.05) is 26.2 Å². The summed E-state index contributed by atoms with van der Waals surface area (Å²) in [5.74, 6) is -0.0373. The maximum atomic E-state index is 12.3. The van der Waals surface area contributed by atoms with Gasteiger partial charge in [0.2, 0.25) is 5.91 Å². The Morgan fingerprint density at radius 2 is 1.90 bits per heavy atom. The normalized spacial score (nSPS) is 24.2. The van der Waals surface area contributed by atoms with E-state index in [9.17, 15) is 18.0 Å². The van der Waals surface area contributed by atoms with Crippen LogP contribution in [-0.4, -0.2) is 54.4 Å². The summed E-state index contributed by atoms with van der Waals surface area (Å²) in [6.45, 7) is 5.10. The molecule has 2 unspecified atom stereocenters. The second kappa shape index (κ2) is 6.96. The first kappa shape index (κ1) is 18.2. The molecule has 1 aliphatic rings. The minimum atomic E-state index is -4.26. The standard InChI is InChI=1S/C14H25F3N2O2/c1-13(2,3)12(21)19-7-10(4-5-20)6-11(8-19)18-9-14(15,16)17/h10-11,18,20H,4-9H2,1-3H3. The zero-order valence-electron chi connectivity index (χ0n) is 12.8. The zero-order chi connectivity index (χ0) is 16.3. The van der Waals surface area contributed by atoms with Gasteiger partial charge in [-0.25, -0.2) is 0 Å². The molecule has 2 N–H and O–H groups in total. The van der Waals surface area contributed by atoms with Gasteiger partial charge >= 0.3 is 6.18 Å². The summed E-state index contributed by atoms with van der Waals surface area (Å²) in [5, 5.41) is 11.5. The lowest BCUT2D eigenvalue weighted by atomic mass is 9.88. The molecule has 4 nitrogen and oxygen atoms in total. The molecule has 124 valence electrons. The first-order valence-corrected chi connectivity index (χ1v) is 7.23. The average Bonchev–Trinajstić information content (AvgIpc) is 2.33. The third-order valence-electron chi connectivity index (χ3n) is 3.59. The van der Waals surface area contributed by atoms with Gasteiger partial charge in [-0.1, -0.05) is 20.8 Å². The van der Waals surface area contributed by atoms with Crippen molar-refractivity contribution in [3.8, 4) is 0 Å². The van der Waals surface area contributed by atoms with Gasteiger partial charge in [-0.2, -0.15) is 13.2 Å². The lowest BCUT2D eigenvalue weighted by molar-refractivity contribution is -0.143. The van der Waals surface area contributed by atoms with Crippen molar-refractivity contribution in [3.05, 3.63) is 0 Å². The Kier molecular flexibility index (Phi) is 6.04. The quantitative estimate of drug-likeness (QED) is 0.832. The zero-order valence-corrected chi connectivity index (χ0v) is 12.8. The minimum Gasteiger partial charge on any atom is -0.396 e. The topological polar surface area (TPSA) is 52.6 Å². The number of hydrogen-bond acceptors (Lipinski definition) is 3. The Labute approximate surface area is 123 Å². The van der Waals surface area contributed by atoms with Crippen LogP contribution in [-0.2, 0) is 4.79 Å². The number of aliphatic hydroxyl groups excluding tert-OH is 1. The fraction of sp³-hybridized carbons (Fsp3) is 0.929. The lowest BCUT2D eigenvalue weighted by Gasteiger charge is -2.40. The fourth-order valence-electron chi connectivity index (χ4n) is 2.64. The Bertz CT molecular complexity index is 353. The van der Waals surface area contributed by atoms with Gasteiger partial charge in [0, 0.05) is 31.2 Å². The molecule has 0 aliphatic carbocycles. The number of piperidine rings is 1. The van der Waals surface area contributed by atoms with Gasteiger partial charge in [0.15, 0.2) is 0 Å². The molecule has 0 aromatic rings. The molecule has 0 aromatic carbocycles. The van der Waals surface area contributed by atoms with Crippen molar-refractivity contribution in [1.29, 1.82) is 0 Å². The number of amides is 1. The van der Waals surface area contributed by atoms with Crippen molar-refractivity contribution >= 4 is 5.91 Å². The van der Waals surface area contributed by atoms with Crippen molar-refractivity contribution in [3.63, 3.8) is 0 Å². The Morgan fingerprint density at radius 3 is 2.38 bits per heavy atom. The molecule has 0 aromatic heterocycles. The van der Waals surface area contributed by atoms with E-state index in [4.69, 9.17) is 5.11 Å². The number of rotatable bonds is 4. The van der Waals surface area contributed by atoms with E-state index in [1.54, 1.807) is 25.7 Å². The van der Waals surface area contributed by atoms with Crippen LogP contribution in [0.4, 0.5) is 13.2 Å². The molecule has 1 heterocycles. The maximum absolute atomic E-state index is 12.3. The van der Waals surface area contributed by atoms with Gasteiger partial charge in [-0.15, -0.1) is 0 Å². The number of carbonyl (C=O) groups is 1. The number of hydrogen-bond donors (Lipinski definition) is 2. The largest absolute Gasteiger partial charge is 0.401 e. The molecule has 0 spiro atoms. The van der Waals surface area contributed by atoms with Crippen LogP contribution in [0.1, 0.15) is 33.6 Å². The average molecular weight is 310 g/mol. The van der Waals surface area contributed by atoms with Crippen LogP contribution >= 0.6 is 0 Å². The van der Waals surface area contributed by atoms with Gasteiger partial charge in [-0.05, 0) is 18.8 Å². The van der Waals surface area contributed by atoms with Crippen LogP contribution in [0, 0.1) is 11.3 Å². The van der Waals surface area contributed by atoms with Gasteiger partial charge in [0.25, 0.3) is 0 Å². The number of alkyl halides is 3. The first-order chi connectivity index (χ1) is 9.53. The fourth-order valence-corrected chi connectivity index (χ4v) is 2.64. The summed E-state index contributed by atoms with van der Waals surface area (Å²) in [4.78, 5) is 14.0. The summed E-state index contributed by atoms with van der Waals surface area (Å²) in [6.07, 6.45) is -3.22. The summed E-state index contributed by atoms with van der Waals surface area (Å²) < 4.78 is 37.0. The van der Waals surface area contributed by atoms with E-state index in [0.717, 1.165) is 0 Å². The van der Waals surface area contributed by atoms with Crippen LogP contribution in [0.5, 0.6) is 0 Å². The monoisotopic (exact) mass is 310 g/mol. The highest BCUT2D eigenvalue weighted by Crippen LogP contribution is 2.25. The maximum Gasteiger partial charge on any atom is 0.401 e. The van der Waals surface area contributed by atoms with Crippen LogP contribution in [0.2, 0.25) is 0 Å². The number of nitrogens with one attached hydrogen (secondary N) is 1. The molecule has 1 amide bonds. The van der Waals surface area contributed by atoms with Gasteiger partial charge < -0.3 is 15.3 Å².